The maximum absolute atomic E-state index is 12.1. The Hall–Kier alpha value is -2.12. The minimum Gasteiger partial charge on any atom is -0.491 e. The van der Waals surface area contributed by atoms with E-state index >= 15 is 0 Å². The lowest BCUT2D eigenvalue weighted by Crippen LogP contribution is -2.49. The van der Waals surface area contributed by atoms with Crippen LogP contribution in [0.25, 0.3) is 0 Å². The van der Waals surface area contributed by atoms with Crippen molar-refractivity contribution in [3.63, 3.8) is 0 Å². The molecular weight excluding hydrogens is 324 g/mol. The van der Waals surface area contributed by atoms with E-state index in [1.807, 2.05) is 19.1 Å². The SMILES string of the molecule is CCOCCOc1ccc(C[C@H](NC(=O)[C@@H]2CCCN2)C(=O)O)cc1. The zero-order chi connectivity index (χ0) is 18.1. The molecule has 1 aromatic carbocycles. The van der Waals surface area contributed by atoms with Crippen molar-refractivity contribution >= 4 is 11.9 Å². The summed E-state index contributed by atoms with van der Waals surface area (Å²) >= 11 is 0. The third kappa shape index (κ3) is 6.36. The second-order valence-corrected chi connectivity index (χ2v) is 5.94. The normalized spacial score (nSPS) is 17.9. The van der Waals surface area contributed by atoms with E-state index in [0.717, 1.165) is 24.9 Å². The molecule has 1 aliphatic rings. The van der Waals surface area contributed by atoms with Gasteiger partial charge in [0.05, 0.1) is 12.6 Å². The van der Waals surface area contributed by atoms with Crippen LogP contribution in [0.15, 0.2) is 24.3 Å². The highest BCUT2D eigenvalue weighted by atomic mass is 16.5. The molecule has 138 valence electrons. The average molecular weight is 350 g/mol. The first-order chi connectivity index (χ1) is 12.1. The number of benzene rings is 1. The Labute approximate surface area is 147 Å². The molecule has 2 atom stereocenters. The van der Waals surface area contributed by atoms with Crippen molar-refractivity contribution in [1.82, 2.24) is 10.6 Å². The second-order valence-electron chi connectivity index (χ2n) is 5.94. The van der Waals surface area contributed by atoms with Crippen molar-refractivity contribution < 1.29 is 24.2 Å². The minimum atomic E-state index is -1.04. The van der Waals surface area contributed by atoms with E-state index in [-0.39, 0.29) is 18.4 Å². The molecule has 7 nitrogen and oxygen atoms in total. The van der Waals surface area contributed by atoms with E-state index in [2.05, 4.69) is 10.6 Å². The third-order valence-corrected chi connectivity index (χ3v) is 4.06. The number of hydrogen-bond donors (Lipinski definition) is 3. The molecule has 1 saturated heterocycles. The van der Waals surface area contributed by atoms with Gasteiger partial charge in [-0.25, -0.2) is 4.79 Å². The van der Waals surface area contributed by atoms with E-state index in [9.17, 15) is 14.7 Å². The van der Waals surface area contributed by atoms with Crippen molar-refractivity contribution in [1.29, 1.82) is 0 Å². The van der Waals surface area contributed by atoms with Gasteiger partial charge in [0, 0.05) is 13.0 Å². The monoisotopic (exact) mass is 350 g/mol. The molecule has 25 heavy (non-hydrogen) atoms. The zero-order valence-corrected chi connectivity index (χ0v) is 14.5. The van der Waals surface area contributed by atoms with Gasteiger partial charge < -0.3 is 25.2 Å². The van der Waals surface area contributed by atoms with Crippen molar-refractivity contribution in [2.75, 3.05) is 26.4 Å². The van der Waals surface area contributed by atoms with Gasteiger partial charge in [0.2, 0.25) is 5.91 Å². The van der Waals surface area contributed by atoms with Gasteiger partial charge in [-0.3, -0.25) is 4.79 Å². The fourth-order valence-corrected chi connectivity index (χ4v) is 2.70. The van der Waals surface area contributed by atoms with Gasteiger partial charge in [-0.2, -0.15) is 0 Å². The van der Waals surface area contributed by atoms with Crippen LogP contribution in [-0.4, -0.2) is 55.4 Å². The number of nitrogens with one attached hydrogen (secondary N) is 2. The Morgan fingerprint density at radius 3 is 2.68 bits per heavy atom. The summed E-state index contributed by atoms with van der Waals surface area (Å²) in [6.07, 6.45) is 1.90. The molecule has 1 heterocycles. The lowest BCUT2D eigenvalue weighted by atomic mass is 10.1. The molecule has 0 unspecified atom stereocenters. The van der Waals surface area contributed by atoms with Crippen LogP contribution in [-0.2, 0) is 20.7 Å². The number of carboxylic acid groups (broad SMARTS) is 1. The van der Waals surface area contributed by atoms with Crippen LogP contribution in [0.3, 0.4) is 0 Å². The maximum atomic E-state index is 12.1. The van der Waals surface area contributed by atoms with Crippen molar-refractivity contribution in [3.05, 3.63) is 29.8 Å². The maximum Gasteiger partial charge on any atom is 0.326 e. The van der Waals surface area contributed by atoms with E-state index < -0.39 is 12.0 Å². The summed E-state index contributed by atoms with van der Waals surface area (Å²) in [6.45, 7) is 4.37. The second kappa shape index (κ2) is 10.0. The number of carbonyl (C=O) groups excluding carboxylic acids is 1. The molecule has 1 aliphatic heterocycles. The van der Waals surface area contributed by atoms with E-state index in [0.29, 0.717) is 25.6 Å². The van der Waals surface area contributed by atoms with Crippen molar-refractivity contribution in [2.45, 2.75) is 38.3 Å². The number of rotatable bonds is 10. The highest BCUT2D eigenvalue weighted by molar-refractivity contribution is 5.87. The van der Waals surface area contributed by atoms with Gasteiger partial charge in [0.1, 0.15) is 18.4 Å². The number of aliphatic carboxylic acids is 1. The highest BCUT2D eigenvalue weighted by Gasteiger charge is 2.27. The summed E-state index contributed by atoms with van der Waals surface area (Å²) in [4.78, 5) is 23.6. The van der Waals surface area contributed by atoms with Gasteiger partial charge in [0.15, 0.2) is 0 Å². The number of hydrogen-bond acceptors (Lipinski definition) is 5. The Morgan fingerprint density at radius 2 is 2.08 bits per heavy atom. The van der Waals surface area contributed by atoms with Crippen LogP contribution in [0.1, 0.15) is 25.3 Å². The Bertz CT molecular complexity index is 555. The smallest absolute Gasteiger partial charge is 0.326 e. The fraction of sp³-hybridized carbons (Fsp3) is 0.556. The minimum absolute atomic E-state index is 0.229. The standard InChI is InChI=1S/C18H26N2O5/c1-2-24-10-11-25-14-7-5-13(6-8-14)12-16(18(22)23)20-17(21)15-4-3-9-19-15/h5-8,15-16,19H,2-4,9-12H2,1H3,(H,20,21)(H,22,23)/t15-,16-/m0/s1. The Kier molecular flexibility index (Phi) is 7.69. The van der Waals surface area contributed by atoms with Crippen LogP contribution in [0.5, 0.6) is 5.75 Å². The molecule has 0 radical (unpaired) electrons. The van der Waals surface area contributed by atoms with Gasteiger partial charge in [-0.15, -0.1) is 0 Å². The number of amides is 1. The van der Waals surface area contributed by atoms with E-state index in [4.69, 9.17) is 9.47 Å². The molecule has 1 aromatic rings. The third-order valence-electron chi connectivity index (χ3n) is 4.06. The molecule has 1 amide bonds. The van der Waals surface area contributed by atoms with Gasteiger partial charge >= 0.3 is 5.97 Å². The molecule has 2 rings (SSSR count). The summed E-state index contributed by atoms with van der Waals surface area (Å²) in [7, 11) is 0. The Morgan fingerprint density at radius 1 is 1.32 bits per heavy atom. The topological polar surface area (TPSA) is 96.9 Å². The summed E-state index contributed by atoms with van der Waals surface area (Å²) < 4.78 is 10.7. The van der Waals surface area contributed by atoms with Gasteiger partial charge in [0.25, 0.3) is 0 Å². The molecule has 3 N–H and O–H groups in total. The summed E-state index contributed by atoms with van der Waals surface area (Å²) in [5.41, 5.74) is 0.823. The average Bonchev–Trinajstić information content (AvgIpc) is 3.14. The van der Waals surface area contributed by atoms with Crippen LogP contribution in [0, 0.1) is 0 Å². The quantitative estimate of drug-likeness (QED) is 0.544. The zero-order valence-electron chi connectivity index (χ0n) is 14.5. The first-order valence-electron chi connectivity index (χ1n) is 8.66. The molecule has 0 aliphatic carbocycles. The largest absolute Gasteiger partial charge is 0.491 e. The van der Waals surface area contributed by atoms with Crippen molar-refractivity contribution in [3.8, 4) is 5.75 Å². The Balaban J connectivity index is 1.86. The highest BCUT2D eigenvalue weighted by Crippen LogP contribution is 2.14. The number of ether oxygens (including phenoxy) is 2. The van der Waals surface area contributed by atoms with Crippen LogP contribution in [0.2, 0.25) is 0 Å². The van der Waals surface area contributed by atoms with Crippen LogP contribution in [0.4, 0.5) is 0 Å². The number of carbonyl (C=O) groups is 2. The summed E-state index contributed by atoms with van der Waals surface area (Å²) in [6, 6.07) is 5.97. The van der Waals surface area contributed by atoms with Crippen LogP contribution < -0.4 is 15.4 Å². The predicted octanol–water partition coefficient (Wildman–Crippen LogP) is 0.966. The van der Waals surface area contributed by atoms with Crippen LogP contribution >= 0.6 is 0 Å². The lowest BCUT2D eigenvalue weighted by Gasteiger charge is -2.18. The molecule has 0 aromatic heterocycles. The molecule has 0 bridgehead atoms. The molecule has 0 spiro atoms. The molecule has 1 fully saturated rings. The predicted molar refractivity (Wildman–Crippen MR) is 92.7 cm³/mol. The molecule has 7 heteroatoms. The first-order valence-corrected chi connectivity index (χ1v) is 8.66. The summed E-state index contributed by atoms with van der Waals surface area (Å²) in [5, 5.41) is 15.1. The molecular formula is C18H26N2O5. The van der Waals surface area contributed by atoms with E-state index in [1.165, 1.54) is 0 Å². The first kappa shape index (κ1) is 19.2. The van der Waals surface area contributed by atoms with Crippen molar-refractivity contribution in [2.24, 2.45) is 0 Å². The summed E-state index contributed by atoms with van der Waals surface area (Å²) in [5.74, 6) is -0.585. The molecule has 0 saturated carbocycles. The van der Waals surface area contributed by atoms with E-state index in [1.54, 1.807) is 12.1 Å². The number of carboxylic acids is 1. The van der Waals surface area contributed by atoms with Gasteiger partial charge in [-0.1, -0.05) is 12.1 Å². The fourth-order valence-electron chi connectivity index (χ4n) is 2.70. The lowest BCUT2D eigenvalue weighted by molar-refractivity contribution is -0.142. The van der Waals surface area contributed by atoms with Gasteiger partial charge in [-0.05, 0) is 44.0 Å².